The highest BCUT2D eigenvalue weighted by Gasteiger charge is 2.57. The van der Waals surface area contributed by atoms with Crippen LogP contribution in [0.4, 0.5) is 13.2 Å². The molecule has 0 rings (SSSR count). The number of carbonyl (C=O) groups excluding carboxylic acids is 1. The van der Waals surface area contributed by atoms with Crippen molar-refractivity contribution in [1.29, 1.82) is 0 Å². The van der Waals surface area contributed by atoms with Crippen molar-refractivity contribution >= 4 is 11.9 Å². The molecule has 0 aromatic heterocycles. The molecule has 0 aliphatic rings. The van der Waals surface area contributed by atoms with E-state index in [9.17, 15) is 22.8 Å². The first-order chi connectivity index (χ1) is 9.10. The predicted molar refractivity (Wildman–Crippen MR) is 67.1 cm³/mol. The quantitative estimate of drug-likeness (QED) is 0.660. The fourth-order valence-corrected chi connectivity index (χ4v) is 1.25. The van der Waals surface area contributed by atoms with Crippen molar-refractivity contribution in [3.63, 3.8) is 0 Å². The molecular formula is C12H17F3N2O3. The zero-order valence-electron chi connectivity index (χ0n) is 11.0. The van der Waals surface area contributed by atoms with Gasteiger partial charge in [0.15, 0.2) is 0 Å². The van der Waals surface area contributed by atoms with Crippen molar-refractivity contribution in [3.8, 4) is 0 Å². The first kappa shape index (κ1) is 18.2. The third kappa shape index (κ3) is 4.37. The summed E-state index contributed by atoms with van der Waals surface area (Å²) in [6.45, 7) is 6.80. The summed E-state index contributed by atoms with van der Waals surface area (Å²) >= 11 is 0. The van der Waals surface area contributed by atoms with E-state index in [2.05, 4.69) is 13.2 Å². The van der Waals surface area contributed by atoms with E-state index < -0.39 is 30.1 Å². The number of carbonyl (C=O) groups is 2. The highest BCUT2D eigenvalue weighted by molar-refractivity contribution is 5.82. The minimum absolute atomic E-state index is 0.127. The van der Waals surface area contributed by atoms with Crippen LogP contribution in [-0.4, -0.2) is 53.2 Å². The molecule has 2 N–H and O–H groups in total. The average Bonchev–Trinajstić information content (AvgIpc) is 2.33. The van der Waals surface area contributed by atoms with E-state index in [0.29, 0.717) is 6.92 Å². The lowest BCUT2D eigenvalue weighted by Crippen LogP contribution is -2.62. The van der Waals surface area contributed by atoms with Crippen LogP contribution < -0.4 is 5.32 Å². The van der Waals surface area contributed by atoms with Crippen molar-refractivity contribution < 1.29 is 27.9 Å². The van der Waals surface area contributed by atoms with Crippen LogP contribution in [0.3, 0.4) is 0 Å². The van der Waals surface area contributed by atoms with Gasteiger partial charge in [0, 0.05) is 13.1 Å². The van der Waals surface area contributed by atoms with Gasteiger partial charge in [-0.3, -0.25) is 10.1 Å². The van der Waals surface area contributed by atoms with Gasteiger partial charge in [0.25, 0.3) is 0 Å². The molecular weight excluding hydrogens is 277 g/mol. The Balaban J connectivity index is 4.87. The molecule has 5 nitrogen and oxygen atoms in total. The number of amides is 1. The van der Waals surface area contributed by atoms with Crippen LogP contribution in [0.25, 0.3) is 0 Å². The van der Waals surface area contributed by atoms with Crippen LogP contribution in [0, 0.1) is 0 Å². The number of aliphatic carboxylic acids is 1. The van der Waals surface area contributed by atoms with E-state index in [1.54, 1.807) is 5.32 Å². The summed E-state index contributed by atoms with van der Waals surface area (Å²) < 4.78 is 38.1. The molecule has 0 saturated carbocycles. The van der Waals surface area contributed by atoms with Crippen LogP contribution in [0.1, 0.15) is 6.92 Å². The molecule has 0 saturated heterocycles. The highest BCUT2D eigenvalue weighted by Crippen LogP contribution is 2.30. The second kappa shape index (κ2) is 7.09. The van der Waals surface area contributed by atoms with Gasteiger partial charge in [-0.15, -0.1) is 13.2 Å². The van der Waals surface area contributed by atoms with Crippen molar-refractivity contribution in [2.75, 3.05) is 19.6 Å². The molecule has 8 heteroatoms. The van der Waals surface area contributed by atoms with Gasteiger partial charge in [0.1, 0.15) is 0 Å². The SMILES string of the molecule is C=CCN(CC=C)C(=O)CNC(C)(C(=O)O)C(F)(F)F. The third-order valence-electron chi connectivity index (χ3n) is 2.64. The Morgan fingerprint density at radius 3 is 2.00 bits per heavy atom. The molecule has 0 spiro atoms. The minimum atomic E-state index is -5.03. The van der Waals surface area contributed by atoms with Crippen LogP contribution in [0.15, 0.2) is 25.3 Å². The Kier molecular flexibility index (Phi) is 6.44. The number of carboxylic acid groups (broad SMARTS) is 1. The number of hydrogen-bond donors (Lipinski definition) is 2. The molecule has 1 unspecified atom stereocenters. The standard InChI is InChI=1S/C12H17F3N2O3/c1-4-6-17(7-5-2)9(18)8-16-11(3,10(19)20)12(13,14)15/h4-5,16H,1-2,6-8H2,3H3,(H,19,20). The van der Waals surface area contributed by atoms with Crippen molar-refractivity contribution in [1.82, 2.24) is 10.2 Å². The number of hydrogen-bond acceptors (Lipinski definition) is 3. The van der Waals surface area contributed by atoms with E-state index in [1.807, 2.05) is 0 Å². The summed E-state index contributed by atoms with van der Waals surface area (Å²) in [5.74, 6) is -2.78. The zero-order chi connectivity index (χ0) is 16.0. The van der Waals surface area contributed by atoms with Gasteiger partial charge in [-0.25, -0.2) is 4.79 Å². The largest absolute Gasteiger partial charge is 0.480 e. The van der Waals surface area contributed by atoms with Crippen LogP contribution in [0.5, 0.6) is 0 Å². The van der Waals surface area contributed by atoms with Crippen molar-refractivity contribution in [2.45, 2.75) is 18.6 Å². The van der Waals surface area contributed by atoms with Gasteiger partial charge < -0.3 is 10.0 Å². The number of alkyl halides is 3. The topological polar surface area (TPSA) is 69.6 Å². The van der Waals surface area contributed by atoms with E-state index in [1.165, 1.54) is 17.1 Å². The molecule has 1 atom stereocenters. The molecule has 0 aliphatic heterocycles. The monoisotopic (exact) mass is 294 g/mol. The molecule has 0 aromatic carbocycles. The second-order valence-electron chi connectivity index (χ2n) is 4.16. The maximum absolute atomic E-state index is 12.7. The van der Waals surface area contributed by atoms with Crippen LogP contribution in [-0.2, 0) is 9.59 Å². The van der Waals surface area contributed by atoms with Gasteiger partial charge in [0.05, 0.1) is 6.54 Å². The van der Waals surface area contributed by atoms with E-state index in [0.717, 1.165) is 0 Å². The van der Waals surface area contributed by atoms with Gasteiger partial charge >= 0.3 is 12.1 Å². The Labute approximate surface area is 114 Å². The van der Waals surface area contributed by atoms with Crippen LogP contribution in [0.2, 0.25) is 0 Å². The number of halogens is 3. The number of rotatable bonds is 8. The summed E-state index contributed by atoms with van der Waals surface area (Å²) in [5.41, 5.74) is -3.18. The smallest absolute Gasteiger partial charge is 0.417 e. The van der Waals surface area contributed by atoms with Crippen molar-refractivity contribution in [2.24, 2.45) is 0 Å². The molecule has 0 aliphatic carbocycles. The van der Waals surface area contributed by atoms with Crippen molar-refractivity contribution in [3.05, 3.63) is 25.3 Å². The summed E-state index contributed by atoms with van der Waals surface area (Å²) in [5, 5.41) is 10.4. The van der Waals surface area contributed by atoms with Gasteiger partial charge in [0.2, 0.25) is 11.4 Å². The first-order valence-electron chi connectivity index (χ1n) is 5.64. The van der Waals surface area contributed by atoms with E-state index in [4.69, 9.17) is 5.11 Å². The molecule has 1 amide bonds. The molecule has 0 fully saturated rings. The lowest BCUT2D eigenvalue weighted by Gasteiger charge is -2.29. The molecule has 0 radical (unpaired) electrons. The lowest BCUT2D eigenvalue weighted by atomic mass is 10.0. The lowest BCUT2D eigenvalue weighted by molar-refractivity contribution is -0.205. The number of carboxylic acids is 1. The molecule has 20 heavy (non-hydrogen) atoms. The Morgan fingerprint density at radius 2 is 1.70 bits per heavy atom. The highest BCUT2D eigenvalue weighted by atomic mass is 19.4. The Hall–Kier alpha value is -1.83. The fourth-order valence-electron chi connectivity index (χ4n) is 1.25. The number of nitrogens with zero attached hydrogens (tertiary/aromatic N) is 1. The van der Waals surface area contributed by atoms with Gasteiger partial charge in [-0.05, 0) is 6.92 Å². The third-order valence-corrected chi connectivity index (χ3v) is 2.64. The van der Waals surface area contributed by atoms with E-state index >= 15 is 0 Å². The van der Waals surface area contributed by atoms with Gasteiger partial charge in [-0.1, -0.05) is 12.2 Å². The normalized spacial score (nSPS) is 14.2. The predicted octanol–water partition coefficient (Wildman–Crippen LogP) is 1.18. The minimum Gasteiger partial charge on any atom is -0.480 e. The summed E-state index contributed by atoms with van der Waals surface area (Å²) in [6.07, 6.45) is -2.22. The second-order valence-corrected chi connectivity index (χ2v) is 4.16. The summed E-state index contributed by atoms with van der Waals surface area (Å²) in [7, 11) is 0. The van der Waals surface area contributed by atoms with Gasteiger partial charge in [-0.2, -0.15) is 13.2 Å². The first-order valence-corrected chi connectivity index (χ1v) is 5.64. The summed E-state index contributed by atoms with van der Waals surface area (Å²) in [6, 6.07) is 0. The van der Waals surface area contributed by atoms with E-state index in [-0.39, 0.29) is 13.1 Å². The molecule has 114 valence electrons. The molecule has 0 aromatic rings. The maximum Gasteiger partial charge on any atom is 0.417 e. The molecule has 0 heterocycles. The number of nitrogens with one attached hydrogen (secondary N) is 1. The zero-order valence-corrected chi connectivity index (χ0v) is 11.0. The fraction of sp³-hybridized carbons (Fsp3) is 0.500. The average molecular weight is 294 g/mol. The molecule has 0 bridgehead atoms. The summed E-state index contributed by atoms with van der Waals surface area (Å²) in [4.78, 5) is 23.7. The maximum atomic E-state index is 12.7. The van der Waals surface area contributed by atoms with Crippen LogP contribution >= 0.6 is 0 Å². The Morgan fingerprint density at radius 1 is 1.25 bits per heavy atom. The Bertz CT molecular complexity index is 386.